The lowest BCUT2D eigenvalue weighted by molar-refractivity contribution is -0.380. The molecular formula is C15H16ClN3O2S. The number of anilines is 1. The van der Waals surface area contributed by atoms with Gasteiger partial charge in [-0.05, 0) is 30.3 Å². The predicted molar refractivity (Wildman–Crippen MR) is 89.9 cm³/mol. The summed E-state index contributed by atoms with van der Waals surface area (Å²) in [7, 11) is 0. The number of halogens is 1. The van der Waals surface area contributed by atoms with Gasteiger partial charge in [-0.25, -0.2) is 0 Å². The lowest BCUT2D eigenvalue weighted by Crippen LogP contribution is -2.45. The van der Waals surface area contributed by atoms with Crippen LogP contribution in [0.5, 0.6) is 0 Å². The highest BCUT2D eigenvalue weighted by Gasteiger charge is 2.19. The molecule has 0 N–H and O–H groups in total. The van der Waals surface area contributed by atoms with Crippen molar-refractivity contribution in [2.24, 2.45) is 0 Å². The fourth-order valence-electron chi connectivity index (χ4n) is 2.59. The van der Waals surface area contributed by atoms with E-state index in [2.05, 4.69) is 9.80 Å². The van der Waals surface area contributed by atoms with Crippen LogP contribution in [0.2, 0.25) is 5.02 Å². The summed E-state index contributed by atoms with van der Waals surface area (Å²) in [6, 6.07) is 11.3. The Hall–Kier alpha value is -1.63. The molecule has 3 rings (SSSR count). The molecule has 1 fully saturated rings. The zero-order valence-electron chi connectivity index (χ0n) is 11.9. The second-order valence-corrected chi connectivity index (χ2v) is 6.82. The maximum Gasteiger partial charge on any atom is 0.324 e. The Balaban J connectivity index is 1.55. The minimum atomic E-state index is -0.327. The van der Waals surface area contributed by atoms with Crippen LogP contribution in [0.25, 0.3) is 0 Å². The Kier molecular flexibility index (Phi) is 4.61. The van der Waals surface area contributed by atoms with E-state index in [0.717, 1.165) is 42.6 Å². The van der Waals surface area contributed by atoms with Gasteiger partial charge < -0.3 is 4.90 Å². The van der Waals surface area contributed by atoms with Crippen LogP contribution in [-0.2, 0) is 6.54 Å². The van der Waals surface area contributed by atoms with E-state index < -0.39 is 0 Å². The first-order valence-electron chi connectivity index (χ1n) is 7.08. The van der Waals surface area contributed by atoms with Crippen LogP contribution in [-0.4, -0.2) is 36.0 Å². The largest absolute Gasteiger partial charge is 0.369 e. The van der Waals surface area contributed by atoms with Crippen LogP contribution in [0.15, 0.2) is 36.4 Å². The SMILES string of the molecule is O=[N+]([O-])c1ccc(CN2CCN(c3ccc(Cl)cc3)CC2)s1. The van der Waals surface area contributed by atoms with Crippen LogP contribution in [0, 0.1) is 10.1 Å². The van der Waals surface area contributed by atoms with Crippen LogP contribution in [0.1, 0.15) is 4.88 Å². The highest BCUT2D eigenvalue weighted by atomic mass is 35.5. The van der Waals surface area contributed by atoms with Gasteiger partial charge in [0.1, 0.15) is 0 Å². The van der Waals surface area contributed by atoms with Crippen molar-refractivity contribution in [3.8, 4) is 0 Å². The van der Waals surface area contributed by atoms with Crippen molar-refractivity contribution in [1.82, 2.24) is 4.90 Å². The fraction of sp³-hybridized carbons (Fsp3) is 0.333. The van der Waals surface area contributed by atoms with E-state index in [0.29, 0.717) is 0 Å². The molecule has 1 saturated heterocycles. The third-order valence-electron chi connectivity index (χ3n) is 3.77. The minimum absolute atomic E-state index is 0.217. The van der Waals surface area contributed by atoms with E-state index in [1.807, 2.05) is 30.3 Å². The van der Waals surface area contributed by atoms with Crippen LogP contribution in [0.3, 0.4) is 0 Å². The van der Waals surface area contributed by atoms with Crippen molar-refractivity contribution in [1.29, 1.82) is 0 Å². The Bertz CT molecular complexity index is 651. The molecule has 116 valence electrons. The molecule has 0 saturated carbocycles. The van der Waals surface area contributed by atoms with Gasteiger partial charge in [0.2, 0.25) is 0 Å². The zero-order chi connectivity index (χ0) is 15.5. The molecule has 0 spiro atoms. The van der Waals surface area contributed by atoms with Crippen LogP contribution < -0.4 is 4.90 Å². The van der Waals surface area contributed by atoms with Gasteiger partial charge in [0.05, 0.1) is 4.92 Å². The molecule has 1 aliphatic rings. The Morgan fingerprint density at radius 2 is 1.77 bits per heavy atom. The van der Waals surface area contributed by atoms with E-state index >= 15 is 0 Å². The molecule has 2 heterocycles. The molecule has 0 unspecified atom stereocenters. The summed E-state index contributed by atoms with van der Waals surface area (Å²) in [6.07, 6.45) is 0. The molecule has 1 aromatic carbocycles. The number of nitro groups is 1. The van der Waals surface area contributed by atoms with E-state index in [-0.39, 0.29) is 9.92 Å². The summed E-state index contributed by atoms with van der Waals surface area (Å²) in [5, 5.41) is 11.7. The summed E-state index contributed by atoms with van der Waals surface area (Å²) >= 11 is 7.18. The zero-order valence-corrected chi connectivity index (χ0v) is 13.5. The number of hydrogen-bond acceptors (Lipinski definition) is 5. The second kappa shape index (κ2) is 6.64. The predicted octanol–water partition coefficient (Wildman–Crippen LogP) is 3.63. The first-order valence-corrected chi connectivity index (χ1v) is 8.27. The Labute approximate surface area is 137 Å². The van der Waals surface area contributed by atoms with Crippen molar-refractivity contribution in [2.45, 2.75) is 6.54 Å². The molecule has 0 aliphatic carbocycles. The molecule has 0 radical (unpaired) electrons. The highest BCUT2D eigenvalue weighted by molar-refractivity contribution is 7.15. The standard InChI is InChI=1S/C15H16ClN3O2S/c16-12-1-3-13(4-2-12)18-9-7-17(8-10-18)11-14-5-6-15(22-14)19(20)21/h1-6H,7-11H2. The summed E-state index contributed by atoms with van der Waals surface area (Å²) in [5.41, 5.74) is 1.19. The number of benzene rings is 1. The number of thiophene rings is 1. The van der Waals surface area contributed by atoms with Gasteiger partial charge in [0.25, 0.3) is 0 Å². The smallest absolute Gasteiger partial charge is 0.324 e. The fourth-order valence-corrected chi connectivity index (χ4v) is 3.57. The van der Waals surface area contributed by atoms with Gasteiger partial charge in [-0.15, -0.1) is 0 Å². The average molecular weight is 338 g/mol. The van der Waals surface area contributed by atoms with Gasteiger partial charge in [-0.2, -0.15) is 0 Å². The lowest BCUT2D eigenvalue weighted by Gasteiger charge is -2.35. The van der Waals surface area contributed by atoms with Crippen molar-refractivity contribution < 1.29 is 4.92 Å². The Morgan fingerprint density at radius 1 is 1.09 bits per heavy atom. The normalized spacial score (nSPS) is 16.0. The number of nitrogens with zero attached hydrogens (tertiary/aromatic N) is 3. The van der Waals surface area contributed by atoms with Crippen molar-refractivity contribution in [2.75, 3.05) is 31.1 Å². The quantitative estimate of drug-likeness (QED) is 0.631. The molecule has 0 amide bonds. The maximum absolute atomic E-state index is 10.7. The van der Waals surface area contributed by atoms with E-state index in [4.69, 9.17) is 11.6 Å². The Morgan fingerprint density at radius 3 is 2.36 bits per heavy atom. The van der Waals surface area contributed by atoms with Gasteiger partial charge in [0.15, 0.2) is 0 Å². The summed E-state index contributed by atoms with van der Waals surface area (Å²) < 4.78 is 0. The summed E-state index contributed by atoms with van der Waals surface area (Å²) in [5.74, 6) is 0. The molecule has 5 nitrogen and oxygen atoms in total. The number of piperazine rings is 1. The van der Waals surface area contributed by atoms with E-state index in [1.54, 1.807) is 6.07 Å². The highest BCUT2D eigenvalue weighted by Crippen LogP contribution is 2.26. The van der Waals surface area contributed by atoms with Gasteiger partial charge >= 0.3 is 5.00 Å². The monoisotopic (exact) mass is 337 g/mol. The topological polar surface area (TPSA) is 49.6 Å². The van der Waals surface area contributed by atoms with Gasteiger partial charge in [0, 0.05) is 54.4 Å². The number of hydrogen-bond donors (Lipinski definition) is 0. The molecule has 0 atom stereocenters. The first-order chi connectivity index (χ1) is 10.6. The first kappa shape index (κ1) is 15.3. The molecule has 1 aromatic heterocycles. The molecular weight excluding hydrogens is 322 g/mol. The van der Waals surface area contributed by atoms with Crippen LogP contribution in [0.4, 0.5) is 10.7 Å². The van der Waals surface area contributed by atoms with Gasteiger partial charge in [-0.1, -0.05) is 22.9 Å². The van der Waals surface area contributed by atoms with Crippen molar-refractivity contribution in [3.63, 3.8) is 0 Å². The molecule has 2 aromatic rings. The molecule has 0 bridgehead atoms. The summed E-state index contributed by atoms with van der Waals surface area (Å²) in [4.78, 5) is 16.1. The van der Waals surface area contributed by atoms with E-state index in [9.17, 15) is 10.1 Å². The second-order valence-electron chi connectivity index (χ2n) is 5.24. The van der Waals surface area contributed by atoms with Crippen molar-refractivity contribution in [3.05, 3.63) is 56.4 Å². The summed E-state index contributed by atoms with van der Waals surface area (Å²) in [6.45, 7) is 4.60. The average Bonchev–Trinajstić information content (AvgIpc) is 2.98. The molecule has 22 heavy (non-hydrogen) atoms. The van der Waals surface area contributed by atoms with Crippen molar-refractivity contribution >= 4 is 33.6 Å². The van der Waals surface area contributed by atoms with Crippen LogP contribution >= 0.6 is 22.9 Å². The molecule has 1 aliphatic heterocycles. The van der Waals surface area contributed by atoms with Gasteiger partial charge in [-0.3, -0.25) is 15.0 Å². The maximum atomic E-state index is 10.7. The third kappa shape index (κ3) is 3.58. The minimum Gasteiger partial charge on any atom is -0.369 e. The third-order valence-corrected chi connectivity index (χ3v) is 5.04. The number of rotatable bonds is 4. The van der Waals surface area contributed by atoms with E-state index in [1.165, 1.54) is 17.0 Å². The molecule has 7 heteroatoms. The lowest BCUT2D eigenvalue weighted by atomic mass is 10.2.